The lowest BCUT2D eigenvalue weighted by atomic mass is 9.93. The van der Waals surface area contributed by atoms with Gasteiger partial charge < -0.3 is 4.79 Å². The number of hydrogen-bond acceptors (Lipinski definition) is 2. The van der Waals surface area contributed by atoms with Gasteiger partial charge in [-0.1, -0.05) is 28.1 Å². The molecular formula is C14H16BrNO. The Bertz CT molecular complexity index is 442. The van der Waals surface area contributed by atoms with Gasteiger partial charge in [0.1, 0.15) is 6.29 Å². The average Bonchev–Trinajstić information content (AvgIpc) is 3.13. The topological polar surface area (TPSA) is 20.3 Å². The van der Waals surface area contributed by atoms with Crippen LogP contribution in [0.3, 0.4) is 0 Å². The van der Waals surface area contributed by atoms with E-state index in [1.54, 1.807) is 0 Å². The van der Waals surface area contributed by atoms with Gasteiger partial charge >= 0.3 is 0 Å². The fraction of sp³-hybridized carbons (Fsp3) is 0.500. The van der Waals surface area contributed by atoms with E-state index in [0.29, 0.717) is 0 Å². The summed E-state index contributed by atoms with van der Waals surface area (Å²) in [4.78, 5) is 13.7. The van der Waals surface area contributed by atoms with Crippen LogP contribution in [-0.2, 0) is 11.2 Å². The monoisotopic (exact) mass is 293 g/mol. The first-order valence-electron chi connectivity index (χ1n) is 6.26. The van der Waals surface area contributed by atoms with Gasteiger partial charge in [-0.15, -0.1) is 0 Å². The van der Waals surface area contributed by atoms with Gasteiger partial charge in [0.25, 0.3) is 0 Å². The third kappa shape index (κ3) is 2.18. The normalized spacial score (nSPS) is 24.4. The van der Waals surface area contributed by atoms with Crippen molar-refractivity contribution >= 4 is 22.2 Å². The minimum atomic E-state index is -0.0307. The van der Waals surface area contributed by atoms with Crippen molar-refractivity contribution in [2.75, 3.05) is 13.1 Å². The quantitative estimate of drug-likeness (QED) is 0.799. The van der Waals surface area contributed by atoms with E-state index in [9.17, 15) is 4.79 Å². The molecule has 1 aromatic rings. The van der Waals surface area contributed by atoms with Crippen molar-refractivity contribution < 1.29 is 4.79 Å². The first-order valence-corrected chi connectivity index (χ1v) is 7.05. The lowest BCUT2D eigenvalue weighted by Gasteiger charge is -2.34. The maximum Gasteiger partial charge on any atom is 0.141 e. The maximum atomic E-state index is 11.4. The van der Waals surface area contributed by atoms with Crippen LogP contribution >= 0.6 is 15.9 Å². The van der Waals surface area contributed by atoms with Gasteiger partial charge in [0.2, 0.25) is 0 Å². The Morgan fingerprint density at radius 1 is 1.41 bits per heavy atom. The molecule has 0 spiro atoms. The van der Waals surface area contributed by atoms with Crippen LogP contribution in [0.15, 0.2) is 22.7 Å². The highest BCUT2D eigenvalue weighted by molar-refractivity contribution is 9.10. The Labute approximate surface area is 110 Å². The zero-order valence-electron chi connectivity index (χ0n) is 9.73. The van der Waals surface area contributed by atoms with Crippen LogP contribution < -0.4 is 0 Å². The minimum absolute atomic E-state index is 0.0307. The van der Waals surface area contributed by atoms with E-state index < -0.39 is 0 Å². The molecule has 3 heteroatoms. The summed E-state index contributed by atoms with van der Waals surface area (Å²) in [6.07, 6.45) is 4.83. The molecule has 0 bridgehead atoms. The van der Waals surface area contributed by atoms with E-state index in [-0.39, 0.29) is 6.04 Å². The first kappa shape index (κ1) is 11.4. The molecule has 0 N–H and O–H groups in total. The van der Waals surface area contributed by atoms with Gasteiger partial charge in [0.15, 0.2) is 0 Å². The Hall–Kier alpha value is -0.670. The summed E-state index contributed by atoms with van der Waals surface area (Å²) in [5.41, 5.74) is 2.51. The molecule has 3 rings (SSSR count). The van der Waals surface area contributed by atoms with Crippen LogP contribution in [0.1, 0.15) is 30.0 Å². The largest absolute Gasteiger partial charge is 0.301 e. The van der Waals surface area contributed by atoms with E-state index in [4.69, 9.17) is 0 Å². The summed E-state index contributed by atoms with van der Waals surface area (Å²) in [7, 11) is 0. The molecule has 0 saturated heterocycles. The van der Waals surface area contributed by atoms with Crippen LogP contribution in [-0.4, -0.2) is 24.3 Å². The molecule has 1 heterocycles. The van der Waals surface area contributed by atoms with Gasteiger partial charge in [-0.05, 0) is 42.4 Å². The van der Waals surface area contributed by atoms with Crippen LogP contribution in [0.4, 0.5) is 0 Å². The molecule has 1 saturated carbocycles. The van der Waals surface area contributed by atoms with E-state index in [2.05, 4.69) is 33.0 Å². The smallest absolute Gasteiger partial charge is 0.141 e. The molecule has 17 heavy (non-hydrogen) atoms. The van der Waals surface area contributed by atoms with Crippen molar-refractivity contribution in [1.82, 2.24) is 4.90 Å². The molecule has 2 aliphatic rings. The third-order valence-corrected chi connectivity index (χ3v) is 4.58. The molecule has 0 amide bonds. The van der Waals surface area contributed by atoms with Crippen LogP contribution in [0, 0.1) is 5.92 Å². The van der Waals surface area contributed by atoms with Gasteiger partial charge in [-0.3, -0.25) is 4.90 Å². The van der Waals surface area contributed by atoms with Gasteiger partial charge in [0.05, 0.1) is 6.04 Å². The summed E-state index contributed by atoms with van der Waals surface area (Å²) in [5.74, 6) is 0.839. The standard InChI is InChI=1S/C14H16BrNO/c15-13-3-1-2-12-11(13)6-7-16(14(12)9-17)8-10-4-5-10/h1-3,9-10,14H,4-8H2. The summed E-state index contributed by atoms with van der Waals surface area (Å²) in [6.45, 7) is 2.10. The van der Waals surface area contributed by atoms with Crippen molar-refractivity contribution in [3.63, 3.8) is 0 Å². The average molecular weight is 294 g/mol. The Balaban J connectivity index is 1.91. The molecular weight excluding hydrogens is 278 g/mol. The Kier molecular flexibility index (Phi) is 3.05. The number of nitrogens with zero attached hydrogens (tertiary/aromatic N) is 1. The lowest BCUT2D eigenvalue weighted by Crippen LogP contribution is -2.37. The van der Waals surface area contributed by atoms with Crippen LogP contribution in [0.5, 0.6) is 0 Å². The molecule has 1 aromatic carbocycles. The van der Waals surface area contributed by atoms with Gasteiger partial charge in [0, 0.05) is 17.6 Å². The predicted molar refractivity (Wildman–Crippen MR) is 70.9 cm³/mol. The zero-order valence-corrected chi connectivity index (χ0v) is 11.3. The second-order valence-corrected chi connectivity index (χ2v) is 5.93. The second-order valence-electron chi connectivity index (χ2n) is 5.08. The number of halogens is 1. The highest BCUT2D eigenvalue weighted by atomic mass is 79.9. The van der Waals surface area contributed by atoms with Crippen LogP contribution in [0.25, 0.3) is 0 Å². The molecule has 1 aliphatic heterocycles. The van der Waals surface area contributed by atoms with E-state index in [1.165, 1.54) is 24.0 Å². The van der Waals surface area contributed by atoms with Crippen molar-refractivity contribution in [1.29, 1.82) is 0 Å². The number of benzene rings is 1. The molecule has 90 valence electrons. The van der Waals surface area contributed by atoms with E-state index in [1.807, 2.05) is 6.07 Å². The van der Waals surface area contributed by atoms with Gasteiger partial charge in [-0.2, -0.15) is 0 Å². The molecule has 2 nitrogen and oxygen atoms in total. The van der Waals surface area contributed by atoms with E-state index >= 15 is 0 Å². The molecule has 1 fully saturated rings. The maximum absolute atomic E-state index is 11.4. The predicted octanol–water partition coefficient (Wildman–Crippen LogP) is 2.96. The molecule has 0 radical (unpaired) electrons. The van der Waals surface area contributed by atoms with Crippen molar-refractivity contribution in [2.45, 2.75) is 25.3 Å². The van der Waals surface area contributed by atoms with Crippen molar-refractivity contribution in [3.05, 3.63) is 33.8 Å². The third-order valence-electron chi connectivity index (χ3n) is 3.83. The first-order chi connectivity index (χ1) is 8.29. The Morgan fingerprint density at radius 2 is 2.24 bits per heavy atom. The van der Waals surface area contributed by atoms with Crippen molar-refractivity contribution in [2.24, 2.45) is 5.92 Å². The summed E-state index contributed by atoms with van der Waals surface area (Å²) >= 11 is 3.59. The number of aldehydes is 1. The molecule has 1 unspecified atom stereocenters. The highest BCUT2D eigenvalue weighted by Crippen LogP contribution is 2.37. The Morgan fingerprint density at radius 3 is 2.94 bits per heavy atom. The molecule has 1 atom stereocenters. The zero-order chi connectivity index (χ0) is 11.8. The lowest BCUT2D eigenvalue weighted by molar-refractivity contribution is -0.113. The summed E-state index contributed by atoms with van der Waals surface area (Å²) < 4.78 is 1.15. The summed E-state index contributed by atoms with van der Waals surface area (Å²) in [5, 5.41) is 0. The highest BCUT2D eigenvalue weighted by Gasteiger charge is 2.32. The van der Waals surface area contributed by atoms with Gasteiger partial charge in [-0.25, -0.2) is 0 Å². The molecule has 1 aliphatic carbocycles. The number of hydrogen-bond donors (Lipinski definition) is 0. The van der Waals surface area contributed by atoms with Crippen molar-refractivity contribution in [3.8, 4) is 0 Å². The van der Waals surface area contributed by atoms with Crippen LogP contribution in [0.2, 0.25) is 0 Å². The number of rotatable bonds is 3. The SMILES string of the molecule is O=CC1c2cccc(Br)c2CCN1CC1CC1. The minimum Gasteiger partial charge on any atom is -0.301 e. The number of fused-ring (bicyclic) bond motifs is 1. The fourth-order valence-electron chi connectivity index (χ4n) is 2.70. The molecule has 0 aromatic heterocycles. The summed E-state index contributed by atoms with van der Waals surface area (Å²) in [6, 6.07) is 6.16. The second kappa shape index (κ2) is 4.54. The fourth-order valence-corrected chi connectivity index (χ4v) is 3.28. The number of carbonyl (C=O) groups is 1. The number of carbonyl (C=O) groups excluding carboxylic acids is 1. The van der Waals surface area contributed by atoms with E-state index in [0.717, 1.165) is 36.2 Å².